The molecule has 1 atom stereocenters. The highest BCUT2D eigenvalue weighted by Crippen LogP contribution is 2.22. The smallest absolute Gasteiger partial charge is 0.269 e. The van der Waals surface area contributed by atoms with Crippen molar-refractivity contribution in [3.8, 4) is 0 Å². The Hall–Kier alpha value is -1.03. The lowest BCUT2D eigenvalue weighted by Gasteiger charge is -2.31. The number of hydrogen-bond acceptors (Lipinski definition) is 2. The van der Waals surface area contributed by atoms with E-state index in [1.807, 2.05) is 19.9 Å². The molecule has 0 radical (unpaired) electrons. The van der Waals surface area contributed by atoms with E-state index in [2.05, 4.69) is 31.2 Å². The molecule has 1 aromatic heterocycles. The molecule has 1 N–H and O–H groups in total. The van der Waals surface area contributed by atoms with E-state index >= 15 is 0 Å². The monoisotopic (exact) mass is 285 g/mol. The van der Waals surface area contributed by atoms with Crippen LogP contribution in [0.4, 0.5) is 0 Å². The summed E-state index contributed by atoms with van der Waals surface area (Å²) in [5.74, 6) is 0.460. The fourth-order valence-corrected chi connectivity index (χ4v) is 2.25. The molecular formula is C14H24ClN3O. The minimum atomic E-state index is -0.0764. The van der Waals surface area contributed by atoms with Crippen LogP contribution in [-0.2, 0) is 6.54 Å². The maximum absolute atomic E-state index is 12.4. The van der Waals surface area contributed by atoms with Gasteiger partial charge in [0.05, 0.1) is 5.69 Å². The van der Waals surface area contributed by atoms with Crippen LogP contribution in [0.2, 0.25) is 0 Å². The normalized spacial score (nSPS) is 13.4. The number of alkyl halides is 1. The van der Waals surface area contributed by atoms with Crippen LogP contribution in [0, 0.1) is 12.3 Å². The van der Waals surface area contributed by atoms with E-state index in [9.17, 15) is 4.79 Å². The fourth-order valence-electron chi connectivity index (χ4n) is 2.03. The van der Waals surface area contributed by atoms with Gasteiger partial charge in [0.2, 0.25) is 0 Å². The second-order valence-corrected chi connectivity index (χ2v) is 6.23. The van der Waals surface area contributed by atoms with Gasteiger partial charge in [-0.15, -0.1) is 11.6 Å². The molecule has 0 aromatic carbocycles. The zero-order valence-electron chi connectivity index (χ0n) is 12.5. The summed E-state index contributed by atoms with van der Waals surface area (Å²) in [6, 6.07) is 1.87. The van der Waals surface area contributed by atoms with E-state index in [0.29, 0.717) is 18.1 Å². The molecule has 0 bridgehead atoms. The van der Waals surface area contributed by atoms with E-state index in [4.69, 9.17) is 11.6 Å². The third-order valence-electron chi connectivity index (χ3n) is 3.18. The second kappa shape index (κ2) is 6.42. The van der Waals surface area contributed by atoms with E-state index in [-0.39, 0.29) is 17.4 Å². The van der Waals surface area contributed by atoms with Crippen molar-refractivity contribution in [3.63, 3.8) is 0 Å². The summed E-state index contributed by atoms with van der Waals surface area (Å²) in [5.41, 5.74) is 1.46. The Morgan fingerprint density at radius 1 is 1.53 bits per heavy atom. The third kappa shape index (κ3) is 4.23. The Labute approximate surface area is 120 Å². The highest BCUT2D eigenvalue weighted by molar-refractivity contribution is 6.17. The summed E-state index contributed by atoms with van der Waals surface area (Å²) in [6.07, 6.45) is 0.760. The van der Waals surface area contributed by atoms with Crippen molar-refractivity contribution in [2.24, 2.45) is 5.41 Å². The number of rotatable bonds is 5. The fraction of sp³-hybridized carbons (Fsp3) is 0.714. The van der Waals surface area contributed by atoms with E-state index in [0.717, 1.165) is 12.1 Å². The molecule has 5 heteroatoms. The summed E-state index contributed by atoms with van der Waals surface area (Å²) in [6.45, 7) is 10.9. The average Bonchev–Trinajstić information content (AvgIpc) is 2.68. The van der Waals surface area contributed by atoms with Gasteiger partial charge in [0, 0.05) is 18.5 Å². The van der Waals surface area contributed by atoms with Crippen LogP contribution in [0.25, 0.3) is 0 Å². The maximum atomic E-state index is 12.4. The Morgan fingerprint density at radius 3 is 2.63 bits per heavy atom. The molecule has 0 aliphatic heterocycles. The molecule has 0 aliphatic carbocycles. The lowest BCUT2D eigenvalue weighted by molar-refractivity contribution is 0.0889. The lowest BCUT2D eigenvalue weighted by atomic mass is 9.85. The summed E-state index contributed by atoms with van der Waals surface area (Å²) < 4.78 is 1.73. The topological polar surface area (TPSA) is 46.9 Å². The molecule has 108 valence electrons. The van der Waals surface area contributed by atoms with Crippen LogP contribution >= 0.6 is 11.6 Å². The van der Waals surface area contributed by atoms with E-state index < -0.39 is 0 Å². The van der Waals surface area contributed by atoms with Crippen molar-refractivity contribution >= 4 is 17.5 Å². The number of nitrogens with one attached hydrogen (secondary N) is 1. The molecule has 0 saturated carbocycles. The van der Waals surface area contributed by atoms with E-state index in [1.54, 1.807) is 4.68 Å². The largest absolute Gasteiger partial charge is 0.347 e. The number of hydrogen-bond donors (Lipinski definition) is 1. The van der Waals surface area contributed by atoms with E-state index in [1.165, 1.54) is 0 Å². The molecule has 1 amide bonds. The third-order valence-corrected chi connectivity index (χ3v) is 3.40. The molecule has 0 fully saturated rings. The first kappa shape index (κ1) is 16.0. The molecule has 1 heterocycles. The lowest BCUT2D eigenvalue weighted by Crippen LogP contribution is -2.44. The summed E-state index contributed by atoms with van der Waals surface area (Å²) in [4.78, 5) is 12.4. The molecule has 0 aliphatic rings. The van der Waals surface area contributed by atoms with Crippen LogP contribution in [-0.4, -0.2) is 27.6 Å². The van der Waals surface area contributed by atoms with Gasteiger partial charge in [-0.05, 0) is 31.7 Å². The average molecular weight is 286 g/mol. The number of aryl methyl sites for hydroxylation is 2. The molecule has 0 saturated heterocycles. The number of amides is 1. The first-order chi connectivity index (χ1) is 8.79. The highest BCUT2D eigenvalue weighted by Gasteiger charge is 2.27. The van der Waals surface area contributed by atoms with Crippen LogP contribution in [0.5, 0.6) is 0 Å². The second-order valence-electron chi connectivity index (χ2n) is 5.86. The van der Waals surface area contributed by atoms with Crippen LogP contribution in [0.1, 0.15) is 50.3 Å². The van der Waals surface area contributed by atoms with Crippen LogP contribution in [0.3, 0.4) is 0 Å². The first-order valence-corrected chi connectivity index (χ1v) is 7.24. The van der Waals surface area contributed by atoms with Crippen molar-refractivity contribution in [2.75, 3.05) is 5.88 Å². The quantitative estimate of drug-likeness (QED) is 0.846. The van der Waals surface area contributed by atoms with Crippen molar-refractivity contribution in [1.82, 2.24) is 15.1 Å². The van der Waals surface area contributed by atoms with Crippen molar-refractivity contribution in [3.05, 3.63) is 17.5 Å². The summed E-state index contributed by atoms with van der Waals surface area (Å²) in [5, 5.41) is 7.37. The number of carbonyl (C=O) groups is 1. The molecular weight excluding hydrogens is 262 g/mol. The molecule has 1 rings (SSSR count). The Bertz CT molecular complexity index is 434. The van der Waals surface area contributed by atoms with Gasteiger partial charge in [0.15, 0.2) is 0 Å². The molecule has 19 heavy (non-hydrogen) atoms. The molecule has 4 nitrogen and oxygen atoms in total. The van der Waals surface area contributed by atoms with Crippen LogP contribution < -0.4 is 5.32 Å². The van der Waals surface area contributed by atoms with Gasteiger partial charge in [-0.25, -0.2) is 0 Å². The molecule has 1 aromatic rings. The maximum Gasteiger partial charge on any atom is 0.269 e. The summed E-state index contributed by atoms with van der Waals surface area (Å²) in [7, 11) is 0. The van der Waals surface area contributed by atoms with Gasteiger partial charge in [-0.3, -0.25) is 9.48 Å². The van der Waals surface area contributed by atoms with Gasteiger partial charge in [-0.1, -0.05) is 20.8 Å². The SMILES string of the molecule is CCn1nc(C)cc1C(=O)NC(CCCl)C(C)(C)C. The zero-order valence-corrected chi connectivity index (χ0v) is 13.2. The molecule has 1 unspecified atom stereocenters. The minimum Gasteiger partial charge on any atom is -0.347 e. The van der Waals surface area contributed by atoms with Gasteiger partial charge in [0.25, 0.3) is 5.91 Å². The van der Waals surface area contributed by atoms with Crippen molar-refractivity contribution < 1.29 is 4.79 Å². The van der Waals surface area contributed by atoms with Gasteiger partial charge < -0.3 is 5.32 Å². The molecule has 0 spiro atoms. The van der Waals surface area contributed by atoms with Gasteiger partial charge in [-0.2, -0.15) is 5.10 Å². The first-order valence-electron chi connectivity index (χ1n) is 6.70. The predicted octanol–water partition coefficient (Wildman–Crippen LogP) is 2.98. The Kier molecular flexibility index (Phi) is 5.41. The zero-order chi connectivity index (χ0) is 14.6. The van der Waals surface area contributed by atoms with Crippen molar-refractivity contribution in [2.45, 2.75) is 53.6 Å². The van der Waals surface area contributed by atoms with Crippen LogP contribution in [0.15, 0.2) is 6.07 Å². The van der Waals surface area contributed by atoms with Gasteiger partial charge in [0.1, 0.15) is 5.69 Å². The van der Waals surface area contributed by atoms with Gasteiger partial charge >= 0.3 is 0 Å². The minimum absolute atomic E-state index is 0.0172. The Morgan fingerprint density at radius 2 is 2.16 bits per heavy atom. The highest BCUT2D eigenvalue weighted by atomic mass is 35.5. The predicted molar refractivity (Wildman–Crippen MR) is 78.7 cm³/mol. The standard InChI is InChI=1S/C14H24ClN3O/c1-6-18-11(9-10(2)17-18)13(19)16-12(7-8-15)14(3,4)5/h9,12H,6-8H2,1-5H3,(H,16,19). The Balaban J connectivity index is 2.87. The number of nitrogens with zero attached hydrogens (tertiary/aromatic N) is 2. The number of halogens is 1. The number of carbonyl (C=O) groups excluding carboxylic acids is 1. The number of aromatic nitrogens is 2. The van der Waals surface area contributed by atoms with Crippen molar-refractivity contribution in [1.29, 1.82) is 0 Å². The summed E-state index contributed by atoms with van der Waals surface area (Å²) >= 11 is 5.83.